The first kappa shape index (κ1) is 19.2. The lowest BCUT2D eigenvalue weighted by Crippen LogP contribution is -2.34. The first-order chi connectivity index (χ1) is 13.2. The second-order valence-corrected chi connectivity index (χ2v) is 8.46. The van der Waals surface area contributed by atoms with Crippen molar-refractivity contribution in [1.29, 1.82) is 5.26 Å². The van der Waals surface area contributed by atoms with Crippen LogP contribution in [0.5, 0.6) is 0 Å². The van der Waals surface area contributed by atoms with Crippen LogP contribution in [-0.2, 0) is 4.74 Å². The predicted molar refractivity (Wildman–Crippen MR) is 107 cm³/mol. The summed E-state index contributed by atoms with van der Waals surface area (Å²) in [5, 5.41) is 21.2. The van der Waals surface area contributed by atoms with E-state index in [4.69, 9.17) is 16.3 Å². The number of nitriles is 1. The zero-order chi connectivity index (χ0) is 20.2. The van der Waals surface area contributed by atoms with Gasteiger partial charge in [0.2, 0.25) is 0 Å². The van der Waals surface area contributed by atoms with Gasteiger partial charge < -0.3 is 19.4 Å². The van der Waals surface area contributed by atoms with E-state index in [1.54, 1.807) is 20.2 Å². The van der Waals surface area contributed by atoms with Gasteiger partial charge in [0.25, 0.3) is 0 Å². The molecule has 1 fully saturated rings. The number of rotatable bonds is 4. The fourth-order valence-electron chi connectivity index (χ4n) is 4.58. The highest BCUT2D eigenvalue weighted by Crippen LogP contribution is 2.46. The van der Waals surface area contributed by atoms with Crippen LogP contribution in [0.25, 0.3) is 22.1 Å². The third-order valence-corrected chi connectivity index (χ3v) is 5.89. The summed E-state index contributed by atoms with van der Waals surface area (Å²) in [6.07, 6.45) is 2.79. The number of hydrogen-bond acceptors (Lipinski definition) is 5. The number of nitrogens with one attached hydrogen (secondary N) is 1. The van der Waals surface area contributed by atoms with E-state index in [2.05, 4.69) is 27.9 Å². The molecule has 3 aromatic rings. The lowest BCUT2D eigenvalue weighted by molar-refractivity contribution is -0.211. The summed E-state index contributed by atoms with van der Waals surface area (Å²) < 4.78 is 7.93. The Bertz CT molecular complexity index is 1070. The number of ether oxygens (including phenoxy) is 1. The Kier molecular flexibility index (Phi) is 4.61. The Morgan fingerprint density at radius 1 is 1.50 bits per heavy atom. The van der Waals surface area contributed by atoms with Gasteiger partial charge in [0.1, 0.15) is 10.7 Å². The molecule has 3 aromatic heterocycles. The minimum atomic E-state index is -1.29. The van der Waals surface area contributed by atoms with Crippen LogP contribution < -0.4 is 0 Å². The molecule has 2 N–H and O–H groups in total. The fourth-order valence-corrected chi connectivity index (χ4v) is 4.81. The first-order valence-corrected chi connectivity index (χ1v) is 9.92. The number of imidazole rings is 1. The number of aromatic amines is 1. The van der Waals surface area contributed by atoms with Crippen molar-refractivity contribution < 1.29 is 9.84 Å². The van der Waals surface area contributed by atoms with E-state index >= 15 is 0 Å². The standard InChI is InChI=1S/C20H24ClN5O2/c1-5-12-11(8-22)7-14(28-20(3,4)27)17(12)26-9-23-16-15-13(6-10(2)24-15)18(21)25-19(16)26/h6,9,11-12,14,17,24,27H,5,7H2,1-4H3/t11?,12-,14+,17?/m0/s1. The third kappa shape index (κ3) is 3.06. The van der Waals surface area contributed by atoms with Crippen molar-refractivity contribution in [3.63, 3.8) is 0 Å². The van der Waals surface area contributed by atoms with Crippen molar-refractivity contribution in [2.75, 3.05) is 0 Å². The van der Waals surface area contributed by atoms with Gasteiger partial charge in [-0.15, -0.1) is 0 Å². The molecule has 3 heterocycles. The van der Waals surface area contributed by atoms with Crippen LogP contribution >= 0.6 is 11.6 Å². The zero-order valence-corrected chi connectivity index (χ0v) is 17.2. The molecule has 8 heteroatoms. The largest absolute Gasteiger partial charge is 0.366 e. The summed E-state index contributed by atoms with van der Waals surface area (Å²) in [6, 6.07) is 4.21. The van der Waals surface area contributed by atoms with Crippen LogP contribution in [0.2, 0.25) is 5.15 Å². The van der Waals surface area contributed by atoms with Crippen LogP contribution in [0.3, 0.4) is 0 Å². The second kappa shape index (κ2) is 6.73. The van der Waals surface area contributed by atoms with E-state index in [1.165, 1.54) is 0 Å². The molecule has 1 aliphatic carbocycles. The molecule has 148 valence electrons. The number of halogens is 1. The summed E-state index contributed by atoms with van der Waals surface area (Å²) in [5.74, 6) is -1.39. The van der Waals surface area contributed by atoms with Crippen molar-refractivity contribution in [3.8, 4) is 6.07 Å². The minimum Gasteiger partial charge on any atom is -0.366 e. The average molecular weight is 402 g/mol. The molecule has 7 nitrogen and oxygen atoms in total. The third-order valence-electron chi connectivity index (χ3n) is 5.60. The van der Waals surface area contributed by atoms with Crippen molar-refractivity contribution in [3.05, 3.63) is 23.2 Å². The highest BCUT2D eigenvalue weighted by atomic mass is 35.5. The molecule has 2 unspecified atom stereocenters. The van der Waals surface area contributed by atoms with Gasteiger partial charge in [0.15, 0.2) is 11.4 Å². The predicted octanol–water partition coefficient (Wildman–Crippen LogP) is 4.10. The Morgan fingerprint density at radius 2 is 2.25 bits per heavy atom. The number of H-pyrrole nitrogens is 1. The number of nitrogens with zero attached hydrogens (tertiary/aromatic N) is 4. The molecule has 28 heavy (non-hydrogen) atoms. The maximum Gasteiger partial charge on any atom is 0.164 e. The van der Waals surface area contributed by atoms with Gasteiger partial charge in [-0.3, -0.25) is 0 Å². The molecule has 1 saturated carbocycles. The van der Waals surface area contributed by atoms with Crippen molar-refractivity contribution in [2.45, 2.75) is 58.5 Å². The smallest absolute Gasteiger partial charge is 0.164 e. The van der Waals surface area contributed by atoms with E-state index < -0.39 is 5.79 Å². The van der Waals surface area contributed by atoms with Crippen LogP contribution in [0.15, 0.2) is 12.4 Å². The highest BCUT2D eigenvalue weighted by molar-refractivity contribution is 6.35. The number of fused-ring (bicyclic) bond motifs is 3. The van der Waals surface area contributed by atoms with Crippen LogP contribution in [0, 0.1) is 30.1 Å². The van der Waals surface area contributed by atoms with Crippen molar-refractivity contribution in [2.24, 2.45) is 11.8 Å². The number of hydrogen-bond donors (Lipinski definition) is 2. The van der Waals surface area contributed by atoms with Gasteiger partial charge in [0.05, 0.1) is 36.0 Å². The summed E-state index contributed by atoms with van der Waals surface area (Å²) in [5.41, 5.74) is 3.24. The minimum absolute atomic E-state index is 0.0661. The maximum atomic E-state index is 10.2. The first-order valence-electron chi connectivity index (χ1n) is 9.54. The number of aromatic nitrogens is 4. The molecule has 1 aliphatic rings. The van der Waals surface area contributed by atoms with Gasteiger partial charge in [0, 0.05) is 11.1 Å². The Morgan fingerprint density at radius 3 is 2.89 bits per heavy atom. The van der Waals surface area contributed by atoms with Gasteiger partial charge in [-0.2, -0.15) is 5.26 Å². The van der Waals surface area contributed by atoms with Crippen molar-refractivity contribution >= 4 is 33.7 Å². The van der Waals surface area contributed by atoms with E-state index in [-0.39, 0.29) is 24.0 Å². The molecule has 0 radical (unpaired) electrons. The summed E-state index contributed by atoms with van der Waals surface area (Å²) in [4.78, 5) is 12.5. The molecule has 0 amide bonds. The van der Waals surface area contributed by atoms with Gasteiger partial charge in [-0.25, -0.2) is 9.97 Å². The second-order valence-electron chi connectivity index (χ2n) is 8.10. The van der Waals surface area contributed by atoms with Crippen LogP contribution in [0.1, 0.15) is 45.3 Å². The lowest BCUT2D eigenvalue weighted by atomic mass is 9.92. The fraction of sp³-hybridized carbons (Fsp3) is 0.550. The normalized spacial score (nSPS) is 25.6. The van der Waals surface area contributed by atoms with E-state index in [0.29, 0.717) is 17.2 Å². The molecule has 4 rings (SSSR count). The summed E-state index contributed by atoms with van der Waals surface area (Å²) >= 11 is 6.46. The average Bonchev–Trinajstić information content (AvgIpc) is 3.27. The van der Waals surface area contributed by atoms with E-state index in [9.17, 15) is 10.4 Å². The molecular formula is C20H24ClN5O2. The molecule has 0 bridgehead atoms. The van der Waals surface area contributed by atoms with E-state index in [0.717, 1.165) is 28.5 Å². The van der Waals surface area contributed by atoms with E-state index in [1.807, 2.05) is 17.6 Å². The highest BCUT2D eigenvalue weighted by Gasteiger charge is 2.46. The maximum absolute atomic E-state index is 10.2. The quantitative estimate of drug-likeness (QED) is 0.506. The number of aryl methyl sites for hydroxylation is 1. The Labute approximate surface area is 168 Å². The molecular weight excluding hydrogens is 378 g/mol. The lowest BCUT2D eigenvalue weighted by Gasteiger charge is -2.30. The zero-order valence-electron chi connectivity index (χ0n) is 16.4. The Balaban J connectivity index is 1.89. The molecule has 4 atom stereocenters. The molecule has 0 aromatic carbocycles. The molecule has 0 saturated heterocycles. The summed E-state index contributed by atoms with van der Waals surface area (Å²) in [7, 11) is 0. The van der Waals surface area contributed by atoms with Crippen LogP contribution in [-0.4, -0.2) is 36.5 Å². The van der Waals surface area contributed by atoms with Crippen molar-refractivity contribution in [1.82, 2.24) is 19.5 Å². The van der Waals surface area contributed by atoms with Gasteiger partial charge in [-0.05, 0) is 45.6 Å². The topological polar surface area (TPSA) is 99.7 Å². The van der Waals surface area contributed by atoms with Gasteiger partial charge in [-0.1, -0.05) is 18.5 Å². The number of pyridine rings is 1. The van der Waals surface area contributed by atoms with Gasteiger partial charge >= 0.3 is 0 Å². The Hall–Kier alpha value is -2.14. The SMILES string of the molecule is CC[C@H]1C(C#N)C[C@@H](OC(C)(C)O)C1n1cnc2c3[nH]c(C)cc3c(Cl)nc21. The number of aliphatic hydroxyl groups is 1. The molecule has 0 aliphatic heterocycles. The molecule has 0 spiro atoms. The monoisotopic (exact) mass is 401 g/mol. The summed E-state index contributed by atoms with van der Waals surface area (Å²) in [6.45, 7) is 7.25. The van der Waals surface area contributed by atoms with Crippen LogP contribution in [0.4, 0.5) is 0 Å².